The molecule has 0 spiro atoms. The minimum absolute atomic E-state index is 0.0558. The van der Waals surface area contributed by atoms with E-state index in [1.54, 1.807) is 22.9 Å². The molecule has 4 rings (SSSR count). The van der Waals surface area contributed by atoms with Crippen LogP contribution >= 0.6 is 11.3 Å². The SMILES string of the molecule is COc1cc2ncnc(Nc3ccc4scnc4c3)c2cc1S(=O)(=O)N(C)C. The van der Waals surface area contributed by atoms with Gasteiger partial charge in [-0.15, -0.1) is 11.3 Å². The van der Waals surface area contributed by atoms with Gasteiger partial charge in [-0.3, -0.25) is 0 Å². The first-order valence-corrected chi connectivity index (χ1v) is 10.6. The van der Waals surface area contributed by atoms with Crippen molar-refractivity contribution in [3.05, 3.63) is 42.2 Å². The monoisotopic (exact) mass is 415 g/mol. The average molecular weight is 416 g/mol. The van der Waals surface area contributed by atoms with E-state index >= 15 is 0 Å². The zero-order valence-corrected chi connectivity index (χ0v) is 17.0. The van der Waals surface area contributed by atoms with E-state index in [1.165, 1.54) is 33.6 Å². The summed E-state index contributed by atoms with van der Waals surface area (Å²) in [6.07, 6.45) is 1.42. The molecule has 8 nitrogen and oxygen atoms in total. The Kier molecular flexibility index (Phi) is 4.61. The van der Waals surface area contributed by atoms with Crippen molar-refractivity contribution >= 4 is 54.0 Å². The average Bonchev–Trinajstić information content (AvgIpc) is 3.15. The Bertz CT molecular complexity index is 1290. The fraction of sp³-hybridized carbons (Fsp3) is 0.167. The molecule has 28 heavy (non-hydrogen) atoms. The van der Waals surface area contributed by atoms with Gasteiger partial charge in [-0.05, 0) is 24.3 Å². The molecule has 0 saturated heterocycles. The lowest BCUT2D eigenvalue weighted by atomic mass is 10.2. The van der Waals surface area contributed by atoms with Gasteiger partial charge < -0.3 is 10.1 Å². The quantitative estimate of drug-likeness (QED) is 0.534. The summed E-state index contributed by atoms with van der Waals surface area (Å²) in [6, 6.07) is 8.95. The second kappa shape index (κ2) is 6.97. The summed E-state index contributed by atoms with van der Waals surface area (Å²) < 4.78 is 33.0. The van der Waals surface area contributed by atoms with E-state index in [9.17, 15) is 8.42 Å². The molecule has 144 valence electrons. The van der Waals surface area contributed by atoms with Crippen molar-refractivity contribution in [1.29, 1.82) is 0 Å². The van der Waals surface area contributed by atoms with Gasteiger partial charge in [-0.25, -0.2) is 27.7 Å². The summed E-state index contributed by atoms with van der Waals surface area (Å²) in [4.78, 5) is 12.9. The summed E-state index contributed by atoms with van der Waals surface area (Å²) in [5.74, 6) is 0.729. The van der Waals surface area contributed by atoms with Crippen LogP contribution in [0.4, 0.5) is 11.5 Å². The molecule has 10 heteroatoms. The summed E-state index contributed by atoms with van der Waals surface area (Å²) in [6.45, 7) is 0. The van der Waals surface area contributed by atoms with Crippen LogP contribution in [0.15, 0.2) is 47.1 Å². The number of hydrogen-bond donors (Lipinski definition) is 1. The lowest BCUT2D eigenvalue weighted by Gasteiger charge is -2.16. The van der Waals surface area contributed by atoms with Gasteiger partial charge in [0, 0.05) is 31.2 Å². The molecule has 2 heterocycles. The Morgan fingerprint density at radius 3 is 2.64 bits per heavy atom. The van der Waals surface area contributed by atoms with Gasteiger partial charge in [0.05, 0.1) is 28.4 Å². The second-order valence-corrected chi connectivity index (χ2v) is 9.20. The third-order valence-electron chi connectivity index (χ3n) is 4.27. The number of rotatable bonds is 5. The molecule has 2 aromatic carbocycles. The first-order valence-electron chi connectivity index (χ1n) is 8.25. The van der Waals surface area contributed by atoms with Gasteiger partial charge in [-0.1, -0.05) is 0 Å². The smallest absolute Gasteiger partial charge is 0.246 e. The predicted octanol–water partition coefficient (Wildman–Crippen LogP) is 3.24. The summed E-state index contributed by atoms with van der Waals surface area (Å²) in [7, 11) is 0.674. The Morgan fingerprint density at radius 1 is 1.07 bits per heavy atom. The van der Waals surface area contributed by atoms with Crippen LogP contribution in [0.25, 0.3) is 21.1 Å². The molecule has 0 bridgehead atoms. The molecule has 2 aromatic heterocycles. The van der Waals surface area contributed by atoms with E-state index in [-0.39, 0.29) is 10.6 Å². The minimum Gasteiger partial charge on any atom is -0.495 e. The third-order valence-corrected chi connectivity index (χ3v) is 6.92. The van der Waals surface area contributed by atoms with Crippen molar-refractivity contribution in [3.63, 3.8) is 0 Å². The lowest BCUT2D eigenvalue weighted by Crippen LogP contribution is -2.22. The molecule has 0 aliphatic carbocycles. The third kappa shape index (κ3) is 3.15. The first-order chi connectivity index (χ1) is 13.4. The van der Waals surface area contributed by atoms with Crippen molar-refractivity contribution in [2.24, 2.45) is 0 Å². The number of nitrogens with zero attached hydrogens (tertiary/aromatic N) is 4. The zero-order valence-electron chi connectivity index (χ0n) is 15.4. The molecule has 0 fully saturated rings. The van der Waals surface area contributed by atoms with E-state index in [0.717, 1.165) is 20.2 Å². The summed E-state index contributed by atoms with van der Waals surface area (Å²) in [5.41, 5.74) is 4.04. The highest BCUT2D eigenvalue weighted by atomic mass is 32.2. The summed E-state index contributed by atoms with van der Waals surface area (Å²) >= 11 is 1.57. The molecule has 4 aromatic rings. The summed E-state index contributed by atoms with van der Waals surface area (Å²) in [5, 5.41) is 3.81. The van der Waals surface area contributed by atoms with Crippen LogP contribution in [0.1, 0.15) is 0 Å². The van der Waals surface area contributed by atoms with E-state index in [2.05, 4.69) is 20.3 Å². The van der Waals surface area contributed by atoms with Crippen LogP contribution < -0.4 is 10.1 Å². The van der Waals surface area contributed by atoms with Crippen LogP contribution in [-0.2, 0) is 10.0 Å². The molecule has 0 atom stereocenters. The number of thiazole rings is 1. The number of sulfonamides is 1. The van der Waals surface area contributed by atoms with Gasteiger partial charge >= 0.3 is 0 Å². The number of aromatic nitrogens is 3. The van der Waals surface area contributed by atoms with Crippen molar-refractivity contribution in [2.75, 3.05) is 26.5 Å². The van der Waals surface area contributed by atoms with Crippen LogP contribution in [0.2, 0.25) is 0 Å². The first kappa shape index (κ1) is 18.5. The maximum absolute atomic E-state index is 12.7. The van der Waals surface area contributed by atoms with E-state index in [0.29, 0.717) is 16.7 Å². The molecule has 1 N–H and O–H groups in total. The molecular formula is C18H17N5O3S2. The standard InChI is InChI=1S/C18H17N5O3S2/c1-23(2)28(24,25)17-7-12-13(8-15(17)26-3)19-9-20-18(12)22-11-4-5-16-14(6-11)21-10-27-16/h4-10H,1-3H3,(H,19,20,22). The molecule has 0 aliphatic rings. The largest absolute Gasteiger partial charge is 0.495 e. The Balaban J connectivity index is 1.86. The van der Waals surface area contributed by atoms with Gasteiger partial charge in [0.2, 0.25) is 10.0 Å². The predicted molar refractivity (Wildman–Crippen MR) is 110 cm³/mol. The maximum Gasteiger partial charge on any atom is 0.246 e. The van der Waals surface area contributed by atoms with E-state index in [1.807, 2.05) is 18.2 Å². The highest BCUT2D eigenvalue weighted by molar-refractivity contribution is 7.89. The lowest BCUT2D eigenvalue weighted by molar-refractivity contribution is 0.401. The number of hydrogen-bond acceptors (Lipinski definition) is 8. The molecule has 0 unspecified atom stereocenters. The Morgan fingerprint density at radius 2 is 1.89 bits per heavy atom. The van der Waals surface area contributed by atoms with Gasteiger partial charge in [0.15, 0.2) is 0 Å². The fourth-order valence-electron chi connectivity index (χ4n) is 2.79. The van der Waals surface area contributed by atoms with Crippen LogP contribution in [0.3, 0.4) is 0 Å². The van der Waals surface area contributed by atoms with Gasteiger partial charge in [0.25, 0.3) is 0 Å². The van der Waals surface area contributed by atoms with Crippen molar-refractivity contribution in [1.82, 2.24) is 19.3 Å². The van der Waals surface area contributed by atoms with Gasteiger partial charge in [0.1, 0.15) is 22.8 Å². The fourth-order valence-corrected chi connectivity index (χ4v) is 4.51. The number of methoxy groups -OCH3 is 1. The highest BCUT2D eigenvalue weighted by Crippen LogP contribution is 2.33. The molecule has 0 radical (unpaired) electrons. The van der Waals surface area contributed by atoms with Crippen molar-refractivity contribution in [2.45, 2.75) is 4.90 Å². The highest BCUT2D eigenvalue weighted by Gasteiger charge is 2.24. The number of nitrogens with one attached hydrogen (secondary N) is 1. The van der Waals surface area contributed by atoms with Crippen molar-refractivity contribution in [3.8, 4) is 5.75 Å². The second-order valence-electron chi connectivity index (χ2n) is 6.19. The van der Waals surface area contributed by atoms with Crippen LogP contribution in [0, 0.1) is 0 Å². The number of fused-ring (bicyclic) bond motifs is 2. The Labute approximate surface area is 165 Å². The van der Waals surface area contributed by atoms with E-state index < -0.39 is 10.0 Å². The molecule has 0 amide bonds. The minimum atomic E-state index is -3.71. The normalized spacial score (nSPS) is 12.0. The molecular weight excluding hydrogens is 398 g/mol. The van der Waals surface area contributed by atoms with Crippen LogP contribution in [-0.4, -0.2) is 48.9 Å². The zero-order chi connectivity index (χ0) is 19.9. The van der Waals surface area contributed by atoms with Crippen LogP contribution in [0.5, 0.6) is 5.75 Å². The maximum atomic E-state index is 12.7. The topological polar surface area (TPSA) is 97.3 Å². The molecule has 0 aliphatic heterocycles. The Hall–Kier alpha value is -2.82. The number of benzene rings is 2. The number of anilines is 2. The van der Waals surface area contributed by atoms with Crippen molar-refractivity contribution < 1.29 is 13.2 Å². The van der Waals surface area contributed by atoms with E-state index in [4.69, 9.17) is 4.74 Å². The van der Waals surface area contributed by atoms with Gasteiger partial charge in [-0.2, -0.15) is 0 Å². The number of ether oxygens (including phenoxy) is 1. The molecule has 0 saturated carbocycles.